The summed E-state index contributed by atoms with van der Waals surface area (Å²) in [4.78, 5) is 13.6. The number of nitrogens with one attached hydrogen (secondary N) is 2. The molecule has 1 unspecified atom stereocenters. The van der Waals surface area contributed by atoms with E-state index in [4.69, 9.17) is 5.73 Å². The topological polar surface area (TPSA) is 83.8 Å². The molecule has 1 atom stereocenters. The van der Waals surface area contributed by atoms with Gasteiger partial charge in [-0.25, -0.2) is 0 Å². The van der Waals surface area contributed by atoms with Crippen LogP contribution in [0.4, 0.5) is 5.69 Å². The fraction of sp³-hybridized carbons (Fsp3) is 0.467. The third kappa shape index (κ3) is 2.81. The molecule has 3 rings (SSSR count). The van der Waals surface area contributed by atoms with Crippen LogP contribution in [0.2, 0.25) is 0 Å². The van der Waals surface area contributed by atoms with E-state index in [0.717, 1.165) is 23.4 Å². The highest BCUT2D eigenvalue weighted by atomic mass is 32.1. The summed E-state index contributed by atoms with van der Waals surface area (Å²) < 4.78 is 0. The monoisotopic (exact) mass is 304 g/mol. The first kappa shape index (κ1) is 14.1. The van der Waals surface area contributed by atoms with E-state index in [0.29, 0.717) is 23.2 Å². The number of nitrogens with two attached hydrogens (primary N) is 1. The summed E-state index contributed by atoms with van der Waals surface area (Å²) in [5.74, 6) is 0.552. The van der Waals surface area contributed by atoms with Crippen LogP contribution in [0.1, 0.15) is 59.7 Å². The van der Waals surface area contributed by atoms with Gasteiger partial charge in [0.2, 0.25) is 0 Å². The number of carbonyl (C=O) groups excluding carboxylic acids is 1. The predicted octanol–water partition coefficient (Wildman–Crippen LogP) is 3.06. The molecule has 0 aromatic carbocycles. The molecule has 21 heavy (non-hydrogen) atoms. The van der Waals surface area contributed by atoms with Crippen molar-refractivity contribution in [1.29, 1.82) is 0 Å². The summed E-state index contributed by atoms with van der Waals surface area (Å²) in [6.07, 6.45) is 2.24. The zero-order valence-electron chi connectivity index (χ0n) is 12.2. The number of anilines is 1. The lowest BCUT2D eigenvalue weighted by Gasteiger charge is -2.20. The summed E-state index contributed by atoms with van der Waals surface area (Å²) in [7, 11) is 0. The molecule has 4 N–H and O–H groups in total. The maximum Gasteiger partial charge on any atom is 0.274 e. The number of thiophene rings is 1. The van der Waals surface area contributed by atoms with Crippen molar-refractivity contribution in [2.45, 2.75) is 38.6 Å². The summed E-state index contributed by atoms with van der Waals surface area (Å²) in [6, 6.07) is 4.02. The number of nitrogens with zero attached hydrogens (tertiary/aromatic N) is 1. The lowest BCUT2D eigenvalue weighted by Crippen LogP contribution is -2.32. The van der Waals surface area contributed by atoms with E-state index in [9.17, 15) is 4.79 Å². The molecular weight excluding hydrogens is 284 g/mol. The minimum atomic E-state index is -0.206. The van der Waals surface area contributed by atoms with Crippen LogP contribution in [-0.4, -0.2) is 16.1 Å². The molecule has 0 radical (unpaired) electrons. The third-order valence-electron chi connectivity index (χ3n) is 3.84. The van der Waals surface area contributed by atoms with Crippen LogP contribution in [0.5, 0.6) is 0 Å². The molecule has 2 aromatic heterocycles. The van der Waals surface area contributed by atoms with Crippen LogP contribution in [-0.2, 0) is 0 Å². The van der Waals surface area contributed by atoms with Gasteiger partial charge in [0.05, 0.1) is 17.4 Å². The Morgan fingerprint density at radius 1 is 1.52 bits per heavy atom. The van der Waals surface area contributed by atoms with Crippen molar-refractivity contribution < 1.29 is 4.79 Å². The summed E-state index contributed by atoms with van der Waals surface area (Å²) >= 11 is 1.65. The van der Waals surface area contributed by atoms with E-state index >= 15 is 0 Å². The van der Waals surface area contributed by atoms with Gasteiger partial charge < -0.3 is 11.1 Å². The molecule has 2 heterocycles. The second-order valence-electron chi connectivity index (χ2n) is 5.88. The number of nitrogen functional groups attached to an aromatic ring is 1. The Morgan fingerprint density at radius 2 is 2.29 bits per heavy atom. The van der Waals surface area contributed by atoms with Gasteiger partial charge in [0, 0.05) is 10.8 Å². The van der Waals surface area contributed by atoms with Crippen molar-refractivity contribution in [3.63, 3.8) is 0 Å². The van der Waals surface area contributed by atoms with Crippen molar-refractivity contribution in [2.75, 3.05) is 5.73 Å². The van der Waals surface area contributed by atoms with Crippen molar-refractivity contribution in [2.24, 2.45) is 5.92 Å². The molecule has 0 aliphatic heterocycles. The lowest BCUT2D eigenvalue weighted by molar-refractivity contribution is 0.0922. The minimum Gasteiger partial charge on any atom is -0.395 e. The number of hydrogen-bond acceptors (Lipinski definition) is 4. The van der Waals surface area contributed by atoms with Crippen molar-refractivity contribution in [1.82, 2.24) is 15.5 Å². The van der Waals surface area contributed by atoms with Crippen LogP contribution >= 0.6 is 11.3 Å². The molecule has 0 saturated heterocycles. The number of H-pyrrole nitrogens is 1. The van der Waals surface area contributed by atoms with Crippen LogP contribution in [0.3, 0.4) is 0 Å². The van der Waals surface area contributed by atoms with Crippen molar-refractivity contribution in [3.8, 4) is 0 Å². The van der Waals surface area contributed by atoms with E-state index in [-0.39, 0.29) is 11.9 Å². The predicted molar refractivity (Wildman–Crippen MR) is 84.3 cm³/mol. The maximum absolute atomic E-state index is 12.5. The molecule has 6 heteroatoms. The summed E-state index contributed by atoms with van der Waals surface area (Å²) in [6.45, 7) is 4.18. The average molecular weight is 304 g/mol. The minimum absolute atomic E-state index is 0.0158. The SMILES string of the molecule is CC(C)C(NC(=O)c1n[nH]c(C2CC2)c1N)c1cccs1. The standard InChI is InChI=1S/C15H20N4OS/c1-8(2)12(10-4-3-7-21-10)17-15(20)14-11(16)13(18-19-14)9-5-6-9/h3-4,7-9,12H,5-6,16H2,1-2H3,(H,17,20)(H,18,19). The quantitative estimate of drug-likeness (QED) is 0.793. The van der Waals surface area contributed by atoms with Gasteiger partial charge in [-0.15, -0.1) is 11.3 Å². The van der Waals surface area contributed by atoms with E-state index in [1.165, 1.54) is 0 Å². The van der Waals surface area contributed by atoms with Gasteiger partial charge in [-0.05, 0) is 30.2 Å². The first-order valence-corrected chi connectivity index (χ1v) is 8.14. The van der Waals surface area contributed by atoms with Gasteiger partial charge >= 0.3 is 0 Å². The van der Waals surface area contributed by atoms with Crippen molar-refractivity contribution in [3.05, 3.63) is 33.8 Å². The number of carbonyl (C=O) groups is 1. The van der Waals surface area contributed by atoms with Crippen LogP contribution in [0, 0.1) is 5.92 Å². The highest BCUT2D eigenvalue weighted by Gasteiger charge is 2.31. The second-order valence-corrected chi connectivity index (χ2v) is 6.86. The summed E-state index contributed by atoms with van der Waals surface area (Å²) in [5.41, 5.74) is 7.80. The first-order valence-electron chi connectivity index (χ1n) is 7.26. The molecule has 2 aromatic rings. The molecule has 1 amide bonds. The Balaban J connectivity index is 1.78. The van der Waals surface area contributed by atoms with Gasteiger partial charge in [-0.1, -0.05) is 19.9 Å². The first-order chi connectivity index (χ1) is 10.1. The van der Waals surface area contributed by atoms with E-state index in [2.05, 4.69) is 29.4 Å². The Labute approximate surface area is 127 Å². The fourth-order valence-corrected chi connectivity index (χ4v) is 3.41. The van der Waals surface area contributed by atoms with Gasteiger partial charge in [-0.3, -0.25) is 9.89 Å². The number of aromatic amines is 1. The molecule has 1 saturated carbocycles. The molecule has 0 spiro atoms. The molecule has 112 valence electrons. The van der Waals surface area contributed by atoms with Crippen LogP contribution in [0.25, 0.3) is 0 Å². The van der Waals surface area contributed by atoms with Crippen molar-refractivity contribution >= 4 is 22.9 Å². The van der Waals surface area contributed by atoms with E-state index in [1.807, 2.05) is 17.5 Å². The molecule has 0 bridgehead atoms. The average Bonchev–Trinajstić information content (AvgIpc) is 2.99. The number of amides is 1. The zero-order valence-corrected chi connectivity index (χ0v) is 13.0. The third-order valence-corrected chi connectivity index (χ3v) is 4.79. The summed E-state index contributed by atoms with van der Waals surface area (Å²) in [5, 5.41) is 12.1. The zero-order chi connectivity index (χ0) is 15.0. The number of hydrogen-bond donors (Lipinski definition) is 3. The van der Waals surface area contributed by atoms with Crippen LogP contribution < -0.4 is 11.1 Å². The smallest absolute Gasteiger partial charge is 0.274 e. The van der Waals surface area contributed by atoms with Crippen LogP contribution in [0.15, 0.2) is 17.5 Å². The Bertz CT molecular complexity index is 628. The molecule has 5 nitrogen and oxygen atoms in total. The number of rotatable bonds is 5. The normalized spacial score (nSPS) is 16.1. The lowest BCUT2D eigenvalue weighted by atomic mass is 10.0. The van der Waals surface area contributed by atoms with E-state index < -0.39 is 0 Å². The highest BCUT2D eigenvalue weighted by Crippen LogP contribution is 2.42. The maximum atomic E-state index is 12.5. The highest BCUT2D eigenvalue weighted by molar-refractivity contribution is 7.10. The van der Waals surface area contributed by atoms with Gasteiger partial charge in [0.25, 0.3) is 5.91 Å². The molecule has 1 aliphatic carbocycles. The van der Waals surface area contributed by atoms with Gasteiger partial charge in [0.1, 0.15) is 0 Å². The van der Waals surface area contributed by atoms with E-state index in [1.54, 1.807) is 11.3 Å². The second kappa shape index (κ2) is 5.52. The molecule has 1 fully saturated rings. The number of aromatic nitrogens is 2. The van der Waals surface area contributed by atoms with Gasteiger partial charge in [0.15, 0.2) is 5.69 Å². The fourth-order valence-electron chi connectivity index (χ4n) is 2.46. The van der Waals surface area contributed by atoms with Gasteiger partial charge in [-0.2, -0.15) is 5.10 Å². The Hall–Kier alpha value is -1.82. The Kier molecular flexibility index (Phi) is 3.71. The largest absolute Gasteiger partial charge is 0.395 e. The Morgan fingerprint density at radius 3 is 2.86 bits per heavy atom. The molecule has 1 aliphatic rings. The molecular formula is C15H20N4OS.